The molecule has 0 amide bonds. The first-order valence-electron chi connectivity index (χ1n) is 0.707. The molecule has 0 fully saturated rings. The van der Waals surface area contributed by atoms with Gasteiger partial charge < -0.3 is 6.92 Å². The fourth-order valence-electron chi connectivity index (χ4n) is 0. The summed E-state index contributed by atoms with van der Waals surface area (Å²) in [6.45, 7) is 5.00. The van der Waals surface area contributed by atoms with Crippen LogP contribution < -0.4 is 18.9 Å². The Morgan fingerprint density at radius 2 is 1.25 bits per heavy atom. The van der Waals surface area contributed by atoms with E-state index in [-0.39, 0.29) is 38.3 Å². The van der Waals surface area contributed by atoms with E-state index in [4.69, 9.17) is 0 Å². The summed E-state index contributed by atoms with van der Waals surface area (Å²) >= 11 is 0. The molecule has 0 bridgehead atoms. The summed E-state index contributed by atoms with van der Waals surface area (Å²) in [5.41, 5.74) is 0. The molecule has 0 saturated heterocycles. The van der Waals surface area contributed by atoms with Crippen LogP contribution in [0.3, 0.4) is 0 Å². The molecule has 4 heavy (non-hydrogen) atoms. The average molecular weight is 101 g/mol. The van der Waals surface area contributed by atoms with E-state index in [1.807, 2.05) is 0 Å². The normalized spacial score (nSPS) is 1.50. The average Bonchev–Trinajstić information content (AvgIpc) is 1.00. The minimum Gasteiger partial charge on any atom is -0.346 e. The molecule has 0 nitrogen and oxygen atoms in total. The molecule has 0 unspecified atom stereocenters. The predicted octanol–water partition coefficient (Wildman–Crippen LogP) is -2.16. The Morgan fingerprint density at radius 1 is 1.25 bits per heavy atom. The monoisotopic (exact) mass is 100.0 g/mol. The molecule has 0 rings (SSSR count). The third kappa shape index (κ3) is 10.7. The molecule has 0 saturated carbocycles. The largest absolute Gasteiger partial charge is 1.00 e. The summed E-state index contributed by atoms with van der Waals surface area (Å²) in [7, 11) is 0. The molecule has 2 heteroatoms. The topological polar surface area (TPSA) is 0 Å². The van der Waals surface area contributed by atoms with Gasteiger partial charge in [-0.05, 0) is 0 Å². The minimum atomic E-state index is 0. The van der Waals surface area contributed by atoms with Gasteiger partial charge >= 0.3 is 18.9 Å². The van der Waals surface area contributed by atoms with Crippen molar-refractivity contribution < 1.29 is 38.3 Å². The van der Waals surface area contributed by atoms with E-state index in [1.165, 1.54) is 0 Å². The van der Waals surface area contributed by atoms with Crippen molar-refractivity contribution in [3.8, 4) is 0 Å². The quantitative estimate of drug-likeness (QED) is 0.241. The summed E-state index contributed by atoms with van der Waals surface area (Å²) in [6, 6.07) is 0. The van der Waals surface area contributed by atoms with Crippen LogP contribution >= 0.6 is 0 Å². The zero-order valence-electron chi connectivity index (χ0n) is 3.41. The number of hydrogen-bond acceptors (Lipinski definition) is 0. The Kier molecular flexibility index (Phi) is 139. The molecule has 0 aromatic rings. The van der Waals surface area contributed by atoms with Gasteiger partial charge in [0.25, 0.3) is 0 Å². The standard InChI is InChI=1S/C2H5.Li.Zn/c1-2;;/h1H2,2H3;;/q-1;+1;. The Morgan fingerprint density at radius 3 is 1.25 bits per heavy atom. The first kappa shape index (κ1) is 18.9. The van der Waals surface area contributed by atoms with Gasteiger partial charge in [-0.1, -0.05) is 0 Å². The second-order valence-corrected chi connectivity index (χ2v) is 0. The Labute approximate surface area is 52.3 Å². The van der Waals surface area contributed by atoms with Gasteiger partial charge in [-0.25, -0.2) is 0 Å². The van der Waals surface area contributed by atoms with E-state index in [2.05, 4.69) is 6.92 Å². The fourth-order valence-corrected chi connectivity index (χ4v) is 0. The van der Waals surface area contributed by atoms with Crippen molar-refractivity contribution in [3.05, 3.63) is 6.92 Å². The molecule has 0 spiro atoms. The van der Waals surface area contributed by atoms with E-state index in [0.29, 0.717) is 0 Å². The van der Waals surface area contributed by atoms with E-state index < -0.39 is 0 Å². The number of hydrogen-bond donors (Lipinski definition) is 0. The summed E-state index contributed by atoms with van der Waals surface area (Å²) < 4.78 is 0. The molecule has 0 aromatic heterocycles. The molecule has 0 atom stereocenters. The first-order chi connectivity index (χ1) is 1.00. The van der Waals surface area contributed by atoms with E-state index in [0.717, 1.165) is 0 Å². The van der Waals surface area contributed by atoms with Gasteiger partial charge in [0.05, 0.1) is 0 Å². The van der Waals surface area contributed by atoms with Gasteiger partial charge in [0.1, 0.15) is 0 Å². The maximum Gasteiger partial charge on any atom is 1.00 e. The predicted molar refractivity (Wildman–Crippen MR) is 11.0 cm³/mol. The van der Waals surface area contributed by atoms with Crippen LogP contribution in [0.5, 0.6) is 0 Å². The minimum absolute atomic E-state index is 0. The van der Waals surface area contributed by atoms with E-state index in [9.17, 15) is 0 Å². The molecule has 0 aromatic carbocycles. The van der Waals surface area contributed by atoms with E-state index >= 15 is 0 Å². The van der Waals surface area contributed by atoms with Crippen molar-refractivity contribution in [2.24, 2.45) is 0 Å². The Hall–Kier alpha value is 1.22. The van der Waals surface area contributed by atoms with Crippen LogP contribution in [0.15, 0.2) is 0 Å². The van der Waals surface area contributed by atoms with Crippen LogP contribution in [0.2, 0.25) is 0 Å². The third-order valence-corrected chi connectivity index (χ3v) is 0. The Bertz CT molecular complexity index is 6.00. The van der Waals surface area contributed by atoms with Crippen molar-refractivity contribution >= 4 is 0 Å². The zero-order chi connectivity index (χ0) is 2.00. The van der Waals surface area contributed by atoms with Crippen molar-refractivity contribution in [1.29, 1.82) is 0 Å². The van der Waals surface area contributed by atoms with Gasteiger partial charge in [0, 0.05) is 19.5 Å². The van der Waals surface area contributed by atoms with Crippen LogP contribution in [0.1, 0.15) is 6.92 Å². The molecular formula is C2H5LiZn. The molecular weight excluding hydrogens is 96.4 g/mol. The molecule has 16 valence electrons. The van der Waals surface area contributed by atoms with Crippen molar-refractivity contribution in [1.82, 2.24) is 0 Å². The fraction of sp³-hybridized carbons (Fsp3) is 0.500. The summed E-state index contributed by atoms with van der Waals surface area (Å²) in [5.74, 6) is 0. The van der Waals surface area contributed by atoms with Gasteiger partial charge in [-0.2, -0.15) is 6.92 Å². The van der Waals surface area contributed by atoms with Gasteiger partial charge in [-0.3, -0.25) is 0 Å². The maximum atomic E-state index is 3.25. The molecule has 0 heterocycles. The van der Waals surface area contributed by atoms with Gasteiger partial charge in [0.15, 0.2) is 0 Å². The molecule has 0 aliphatic carbocycles. The Balaban J connectivity index is -0.00000000500. The summed E-state index contributed by atoms with van der Waals surface area (Å²) in [4.78, 5) is 0. The van der Waals surface area contributed by atoms with Crippen molar-refractivity contribution in [3.63, 3.8) is 0 Å². The van der Waals surface area contributed by atoms with Gasteiger partial charge in [-0.15, -0.1) is 0 Å². The maximum absolute atomic E-state index is 3.25. The van der Waals surface area contributed by atoms with Crippen LogP contribution in [-0.4, -0.2) is 0 Å². The molecule has 0 aliphatic heterocycles. The third-order valence-electron chi connectivity index (χ3n) is 0. The smallest absolute Gasteiger partial charge is 0.346 e. The molecule has 0 radical (unpaired) electrons. The van der Waals surface area contributed by atoms with Crippen LogP contribution in [0.25, 0.3) is 0 Å². The SMILES string of the molecule is [CH2-]C.[Li+].[Zn]. The van der Waals surface area contributed by atoms with Gasteiger partial charge in [0.2, 0.25) is 0 Å². The van der Waals surface area contributed by atoms with Crippen LogP contribution in [-0.2, 0) is 19.5 Å². The molecule has 0 N–H and O–H groups in total. The second kappa shape index (κ2) is 29.4. The summed E-state index contributed by atoms with van der Waals surface area (Å²) in [5, 5.41) is 0. The van der Waals surface area contributed by atoms with Crippen LogP contribution in [0, 0.1) is 6.92 Å². The van der Waals surface area contributed by atoms with Crippen LogP contribution in [0.4, 0.5) is 0 Å². The summed E-state index contributed by atoms with van der Waals surface area (Å²) in [6.07, 6.45) is 0. The molecule has 0 aliphatic rings. The van der Waals surface area contributed by atoms with E-state index in [1.54, 1.807) is 6.92 Å². The van der Waals surface area contributed by atoms with Crippen molar-refractivity contribution in [2.45, 2.75) is 6.92 Å². The first-order valence-corrected chi connectivity index (χ1v) is 0.707. The van der Waals surface area contributed by atoms with Crippen molar-refractivity contribution in [2.75, 3.05) is 0 Å². The second-order valence-electron chi connectivity index (χ2n) is 0. The number of rotatable bonds is 0. The zero-order valence-corrected chi connectivity index (χ0v) is 6.38.